The monoisotopic (exact) mass is 836 g/mol. The van der Waals surface area contributed by atoms with Crippen molar-refractivity contribution < 1.29 is 0 Å². The van der Waals surface area contributed by atoms with Gasteiger partial charge >= 0.3 is 0 Å². The number of nitriles is 2. The van der Waals surface area contributed by atoms with Crippen LogP contribution in [0.4, 0.5) is 0 Å². The highest BCUT2D eigenvalue weighted by molar-refractivity contribution is 7.99. The van der Waals surface area contributed by atoms with Gasteiger partial charge in [0.2, 0.25) is 0 Å². The third-order valence-corrected chi connectivity index (χ3v) is 11.7. The first kappa shape index (κ1) is 42.7. The Bertz CT molecular complexity index is 2660. The normalized spacial score (nSPS) is 9.43. The predicted molar refractivity (Wildman–Crippen MR) is 253 cm³/mol. The first-order chi connectivity index (χ1) is 29.4. The minimum absolute atomic E-state index is 0.422. The first-order valence-electron chi connectivity index (χ1n) is 18.2. The van der Waals surface area contributed by atoms with Gasteiger partial charge in [0.05, 0.1) is 34.4 Å². The van der Waals surface area contributed by atoms with Crippen LogP contribution in [-0.4, -0.2) is 25.0 Å². The highest BCUT2D eigenvalue weighted by atomic mass is 32.2. The molecule has 0 saturated heterocycles. The molecule has 0 atom stereocenters. The van der Waals surface area contributed by atoms with E-state index in [0.717, 1.165) is 41.8 Å². The number of thioether (sulfide) groups is 4. The van der Waals surface area contributed by atoms with Crippen molar-refractivity contribution >= 4 is 47.0 Å². The lowest BCUT2D eigenvalue weighted by Gasteiger charge is -2.03. The number of nitrogens with zero attached hydrogens (tertiary/aromatic N) is 2. The van der Waals surface area contributed by atoms with Crippen molar-refractivity contribution in [2.45, 2.75) is 19.6 Å². The van der Waals surface area contributed by atoms with Crippen LogP contribution in [0.5, 0.6) is 0 Å². The Balaban J connectivity index is 1.50. The summed E-state index contributed by atoms with van der Waals surface area (Å²) >= 11 is 6.65. The average molecular weight is 837 g/mol. The number of hydrogen-bond donors (Lipinski definition) is 0. The minimum Gasteiger partial charge on any atom is -0.192 e. The van der Waals surface area contributed by atoms with Crippen molar-refractivity contribution in [2.24, 2.45) is 0 Å². The Kier molecular flexibility index (Phi) is 15.4. The molecule has 0 amide bonds. The number of rotatable bonds is 4. The fraction of sp³-hybridized carbons (Fsp3) is 0.0741. The zero-order valence-corrected chi connectivity index (χ0v) is 36.3. The smallest absolute Gasteiger partial charge is 0.0992 e. The summed E-state index contributed by atoms with van der Waals surface area (Å²) in [5, 5.41) is 20.0. The van der Waals surface area contributed by atoms with Crippen LogP contribution in [0.1, 0.15) is 66.8 Å². The Morgan fingerprint density at radius 2 is 0.533 bits per heavy atom. The lowest BCUT2D eigenvalue weighted by molar-refractivity contribution is 1.44. The van der Waals surface area contributed by atoms with Crippen LogP contribution in [0.15, 0.2) is 141 Å². The van der Waals surface area contributed by atoms with Crippen LogP contribution >= 0.6 is 47.0 Å². The fourth-order valence-electron chi connectivity index (χ4n) is 5.52. The minimum atomic E-state index is 0.422. The Morgan fingerprint density at radius 3 is 0.733 bits per heavy atom. The van der Waals surface area contributed by atoms with Crippen LogP contribution in [0.2, 0.25) is 0 Å². The van der Waals surface area contributed by atoms with Gasteiger partial charge in [-0.15, -0.1) is 47.0 Å². The average Bonchev–Trinajstić information content (AvgIpc) is 3.31. The maximum absolute atomic E-state index is 10.0. The van der Waals surface area contributed by atoms with Crippen molar-refractivity contribution in [3.63, 3.8) is 0 Å². The summed E-state index contributed by atoms with van der Waals surface area (Å²) in [6, 6.07) is 43.5. The standard InChI is InChI=1S/C54H32N2S4/c1-57-49-25-13-39(14-26-49)9-21-45-33-43(37-55)34-46(22-10-40-15-27-50(58-2)28-16-40)53(45)7-5-6-8-54-47(23-11-41-17-29-51(59-3)30-18-41)35-44(38-56)36-48(54)24-12-42-19-31-52(60-4)32-20-42/h13-20,25-36H,1-4H3. The highest BCUT2D eigenvalue weighted by Crippen LogP contribution is 2.21. The maximum atomic E-state index is 10.0. The van der Waals surface area contributed by atoms with Gasteiger partial charge in [0, 0.05) is 64.1 Å². The zero-order chi connectivity index (χ0) is 42.1. The van der Waals surface area contributed by atoms with Crippen LogP contribution < -0.4 is 0 Å². The molecule has 6 heteroatoms. The molecule has 0 saturated carbocycles. The largest absolute Gasteiger partial charge is 0.192 e. The van der Waals surface area contributed by atoms with E-state index in [1.54, 1.807) is 71.3 Å². The van der Waals surface area contributed by atoms with Crippen molar-refractivity contribution in [3.8, 4) is 83.2 Å². The van der Waals surface area contributed by atoms with Gasteiger partial charge in [0.15, 0.2) is 0 Å². The van der Waals surface area contributed by atoms with E-state index in [-0.39, 0.29) is 0 Å². The second kappa shape index (κ2) is 21.7. The second-order valence-electron chi connectivity index (χ2n) is 12.5. The van der Waals surface area contributed by atoms with Crippen molar-refractivity contribution in [1.82, 2.24) is 0 Å². The molecule has 0 unspecified atom stereocenters. The van der Waals surface area contributed by atoms with Crippen LogP contribution in [0.3, 0.4) is 0 Å². The molecular formula is C54H32N2S4. The summed E-state index contributed by atoms with van der Waals surface area (Å²) in [6.07, 6.45) is 8.12. The molecule has 6 aromatic carbocycles. The lowest BCUT2D eigenvalue weighted by Crippen LogP contribution is -1.94. The van der Waals surface area contributed by atoms with E-state index in [4.69, 9.17) is 0 Å². The Morgan fingerprint density at radius 1 is 0.300 bits per heavy atom. The van der Waals surface area contributed by atoms with Crippen LogP contribution in [0, 0.1) is 93.7 Å². The summed E-state index contributed by atoms with van der Waals surface area (Å²) in [4.78, 5) is 4.56. The Hall–Kier alpha value is -6.94. The van der Waals surface area contributed by atoms with Crippen molar-refractivity contribution in [2.75, 3.05) is 25.0 Å². The molecule has 0 aromatic heterocycles. The summed E-state index contributed by atoms with van der Waals surface area (Å²) < 4.78 is 0. The fourth-order valence-corrected chi connectivity index (χ4v) is 7.15. The molecule has 0 aliphatic rings. The third-order valence-electron chi connectivity index (χ3n) is 8.70. The molecule has 0 radical (unpaired) electrons. The summed E-state index contributed by atoms with van der Waals surface area (Å²) in [7, 11) is 0. The highest BCUT2D eigenvalue weighted by Gasteiger charge is 2.09. The molecule has 2 nitrogen and oxygen atoms in total. The molecule has 0 aliphatic carbocycles. The van der Waals surface area contributed by atoms with Gasteiger partial charge in [-0.05, 0) is 158 Å². The SMILES string of the molecule is CSc1ccc(C#Cc2cc(C#N)cc(C#Cc3ccc(SC)cc3)c2C#CC#Cc2c(C#Cc3ccc(SC)cc3)cc(C#N)cc2C#Cc2ccc(SC)cc2)cc1. The van der Waals surface area contributed by atoms with Gasteiger partial charge in [0.1, 0.15) is 0 Å². The summed E-state index contributed by atoms with van der Waals surface area (Å²) in [5.41, 5.74) is 7.56. The molecule has 0 aliphatic heterocycles. The van der Waals surface area contributed by atoms with E-state index < -0.39 is 0 Å². The van der Waals surface area contributed by atoms with Gasteiger partial charge in [-0.25, -0.2) is 0 Å². The van der Waals surface area contributed by atoms with Crippen molar-refractivity contribution in [3.05, 3.63) is 188 Å². The van der Waals surface area contributed by atoms with Gasteiger partial charge in [-0.2, -0.15) is 10.5 Å². The second-order valence-corrected chi connectivity index (χ2v) is 16.0. The molecule has 6 aromatic rings. The lowest BCUT2D eigenvalue weighted by atomic mass is 9.97. The predicted octanol–water partition coefficient (Wildman–Crippen LogP) is 11.3. The molecule has 282 valence electrons. The molecule has 0 spiro atoms. The van der Waals surface area contributed by atoms with Crippen LogP contribution in [-0.2, 0) is 0 Å². The van der Waals surface area contributed by atoms with Gasteiger partial charge in [-0.3, -0.25) is 0 Å². The van der Waals surface area contributed by atoms with Gasteiger partial charge < -0.3 is 0 Å². The number of hydrogen-bond acceptors (Lipinski definition) is 6. The topological polar surface area (TPSA) is 47.6 Å². The molecule has 0 heterocycles. The van der Waals surface area contributed by atoms with Gasteiger partial charge in [0.25, 0.3) is 0 Å². The molecule has 0 fully saturated rings. The third kappa shape index (κ3) is 11.8. The zero-order valence-electron chi connectivity index (χ0n) is 33.1. The molecule has 0 bridgehead atoms. The first-order valence-corrected chi connectivity index (χ1v) is 23.1. The van der Waals surface area contributed by atoms with E-state index in [1.165, 1.54) is 0 Å². The van der Waals surface area contributed by atoms with E-state index in [0.29, 0.717) is 44.5 Å². The molecule has 0 N–H and O–H groups in total. The van der Waals surface area contributed by atoms with Crippen LogP contribution in [0.25, 0.3) is 0 Å². The van der Waals surface area contributed by atoms with E-state index >= 15 is 0 Å². The summed E-state index contributed by atoms with van der Waals surface area (Å²) in [6.45, 7) is 0. The maximum Gasteiger partial charge on any atom is 0.0992 e. The van der Waals surface area contributed by atoms with Gasteiger partial charge in [-0.1, -0.05) is 59.2 Å². The molecular weight excluding hydrogens is 805 g/mol. The Labute approximate surface area is 371 Å². The molecule has 60 heavy (non-hydrogen) atoms. The van der Waals surface area contributed by atoms with E-state index in [9.17, 15) is 10.5 Å². The molecule has 6 rings (SSSR count). The van der Waals surface area contributed by atoms with E-state index in [1.807, 2.05) is 122 Å². The van der Waals surface area contributed by atoms with E-state index in [2.05, 4.69) is 83.2 Å². The summed E-state index contributed by atoms with van der Waals surface area (Å²) in [5.74, 6) is 38.6. The number of benzene rings is 6. The quantitative estimate of drug-likeness (QED) is 0.130. The van der Waals surface area contributed by atoms with Crippen molar-refractivity contribution in [1.29, 1.82) is 10.5 Å².